The molecule has 1 fully saturated rings. The second-order valence-corrected chi connectivity index (χ2v) is 6.94. The summed E-state index contributed by atoms with van der Waals surface area (Å²) in [6, 6.07) is 17.4. The average molecular weight is 346 g/mol. The molecule has 4 rings (SSSR count). The normalized spacial score (nSPS) is 14.8. The van der Waals surface area contributed by atoms with Crippen LogP contribution >= 0.6 is 0 Å². The molecule has 0 N–H and O–H groups in total. The van der Waals surface area contributed by atoms with Crippen molar-refractivity contribution in [2.75, 3.05) is 7.05 Å². The average Bonchev–Trinajstić information content (AvgIpc) is 3.41. The molecule has 0 saturated heterocycles. The summed E-state index contributed by atoms with van der Waals surface area (Å²) in [5.74, 6) is 2.15. The number of aryl methyl sites for hydroxylation is 1. The summed E-state index contributed by atoms with van der Waals surface area (Å²) in [5, 5.41) is 0. The Kier molecular flexibility index (Phi) is 4.33. The van der Waals surface area contributed by atoms with Crippen LogP contribution in [0.3, 0.4) is 0 Å². The summed E-state index contributed by atoms with van der Waals surface area (Å²) >= 11 is 0. The number of carbonyl (C=O) groups excluding carboxylic acids is 1. The minimum Gasteiger partial charge on any atom is -0.461 e. The molecule has 1 aliphatic carbocycles. The Morgan fingerprint density at radius 2 is 2.00 bits per heavy atom. The number of hydrogen-bond acceptors (Lipinski definition) is 3. The van der Waals surface area contributed by atoms with Gasteiger partial charge >= 0.3 is 0 Å². The van der Waals surface area contributed by atoms with E-state index in [2.05, 4.69) is 4.98 Å². The highest BCUT2D eigenvalue weighted by Crippen LogP contribution is 2.43. The van der Waals surface area contributed by atoms with E-state index in [9.17, 15) is 4.79 Å². The zero-order valence-corrected chi connectivity index (χ0v) is 15.1. The topological polar surface area (TPSA) is 46.3 Å². The molecule has 1 aromatic carbocycles. The van der Waals surface area contributed by atoms with Gasteiger partial charge in [0.2, 0.25) is 0 Å². The molecule has 1 saturated carbocycles. The van der Waals surface area contributed by atoms with E-state index in [0.717, 1.165) is 35.6 Å². The van der Waals surface area contributed by atoms with Crippen molar-refractivity contribution < 1.29 is 9.21 Å². The number of hydrogen-bond donors (Lipinski definition) is 0. The van der Waals surface area contributed by atoms with Crippen LogP contribution in [0.1, 0.15) is 40.7 Å². The highest BCUT2D eigenvalue weighted by atomic mass is 16.3. The number of nitrogens with zero attached hydrogens (tertiary/aromatic N) is 2. The monoisotopic (exact) mass is 346 g/mol. The summed E-state index contributed by atoms with van der Waals surface area (Å²) in [6.07, 6.45) is 4.08. The van der Waals surface area contributed by atoms with E-state index in [0.29, 0.717) is 11.5 Å². The Morgan fingerprint density at radius 1 is 1.15 bits per heavy atom. The summed E-state index contributed by atoms with van der Waals surface area (Å²) < 4.78 is 5.69. The van der Waals surface area contributed by atoms with Crippen molar-refractivity contribution in [3.63, 3.8) is 0 Å². The third-order valence-corrected chi connectivity index (χ3v) is 4.93. The highest BCUT2D eigenvalue weighted by molar-refractivity contribution is 5.95. The van der Waals surface area contributed by atoms with Crippen LogP contribution in [0.5, 0.6) is 0 Å². The number of aromatic nitrogens is 1. The summed E-state index contributed by atoms with van der Waals surface area (Å²) in [7, 11) is 1.88. The summed E-state index contributed by atoms with van der Waals surface area (Å²) in [6.45, 7) is 1.92. The van der Waals surface area contributed by atoms with Crippen LogP contribution < -0.4 is 0 Å². The molecule has 1 amide bonds. The van der Waals surface area contributed by atoms with E-state index in [1.807, 2.05) is 73.5 Å². The molecule has 2 heterocycles. The molecule has 4 nitrogen and oxygen atoms in total. The predicted octanol–water partition coefficient (Wildman–Crippen LogP) is 4.87. The lowest BCUT2D eigenvalue weighted by molar-refractivity contribution is 0.0707. The standard InChI is InChI=1S/C22H22N2O2/c1-15-9-12-20(26-15)17-6-5-7-18(14-17)22(25)24(2)21(16-10-11-16)19-8-3-4-13-23-19/h3-9,12-14,16,21H,10-11H2,1-2H3/t21-/m0/s1. The van der Waals surface area contributed by atoms with Gasteiger partial charge in [0.1, 0.15) is 11.5 Å². The van der Waals surface area contributed by atoms with Crippen LogP contribution in [-0.2, 0) is 0 Å². The van der Waals surface area contributed by atoms with Gasteiger partial charge in [-0.25, -0.2) is 0 Å². The predicted molar refractivity (Wildman–Crippen MR) is 101 cm³/mol. The van der Waals surface area contributed by atoms with E-state index in [1.165, 1.54) is 0 Å². The van der Waals surface area contributed by atoms with Crippen molar-refractivity contribution in [1.29, 1.82) is 0 Å². The van der Waals surface area contributed by atoms with Gasteiger partial charge in [-0.05, 0) is 62.1 Å². The van der Waals surface area contributed by atoms with Crippen LogP contribution in [-0.4, -0.2) is 22.8 Å². The van der Waals surface area contributed by atoms with Gasteiger partial charge in [-0.3, -0.25) is 9.78 Å². The number of benzene rings is 1. The molecular formula is C22H22N2O2. The molecule has 2 aromatic heterocycles. The molecule has 4 heteroatoms. The van der Waals surface area contributed by atoms with Crippen molar-refractivity contribution in [3.8, 4) is 11.3 Å². The van der Waals surface area contributed by atoms with Gasteiger partial charge in [-0.1, -0.05) is 18.2 Å². The number of rotatable bonds is 5. The van der Waals surface area contributed by atoms with Gasteiger partial charge in [-0.2, -0.15) is 0 Å². The lowest BCUT2D eigenvalue weighted by atomic mass is 10.0. The first-order chi connectivity index (χ1) is 12.6. The van der Waals surface area contributed by atoms with Crippen LogP contribution in [0.25, 0.3) is 11.3 Å². The zero-order valence-electron chi connectivity index (χ0n) is 15.1. The van der Waals surface area contributed by atoms with Crippen molar-refractivity contribution >= 4 is 5.91 Å². The van der Waals surface area contributed by atoms with Crippen LogP contribution in [0, 0.1) is 12.8 Å². The first-order valence-electron chi connectivity index (χ1n) is 8.98. The second-order valence-electron chi connectivity index (χ2n) is 6.94. The van der Waals surface area contributed by atoms with E-state index < -0.39 is 0 Å². The maximum atomic E-state index is 13.1. The number of furan rings is 1. The zero-order chi connectivity index (χ0) is 18.1. The minimum absolute atomic E-state index is 0.0117. The Balaban J connectivity index is 1.62. The smallest absolute Gasteiger partial charge is 0.254 e. The fraction of sp³-hybridized carbons (Fsp3) is 0.273. The molecule has 1 atom stereocenters. The van der Waals surface area contributed by atoms with Crippen LogP contribution in [0.15, 0.2) is 65.2 Å². The maximum absolute atomic E-state index is 13.1. The Bertz CT molecular complexity index is 913. The van der Waals surface area contributed by atoms with E-state index in [1.54, 1.807) is 6.20 Å². The first kappa shape index (κ1) is 16.6. The third kappa shape index (κ3) is 3.27. The van der Waals surface area contributed by atoms with E-state index in [4.69, 9.17) is 4.42 Å². The fourth-order valence-electron chi connectivity index (χ4n) is 3.44. The highest BCUT2D eigenvalue weighted by Gasteiger charge is 2.37. The maximum Gasteiger partial charge on any atom is 0.254 e. The van der Waals surface area contributed by atoms with Gasteiger partial charge in [0.15, 0.2) is 0 Å². The largest absolute Gasteiger partial charge is 0.461 e. The van der Waals surface area contributed by atoms with Gasteiger partial charge in [-0.15, -0.1) is 0 Å². The van der Waals surface area contributed by atoms with Gasteiger partial charge in [0, 0.05) is 24.4 Å². The molecule has 0 bridgehead atoms. The molecule has 26 heavy (non-hydrogen) atoms. The number of carbonyl (C=O) groups is 1. The lowest BCUT2D eigenvalue weighted by Crippen LogP contribution is -2.33. The quantitative estimate of drug-likeness (QED) is 0.662. The third-order valence-electron chi connectivity index (χ3n) is 4.93. The van der Waals surface area contributed by atoms with Crippen molar-refractivity contribution in [1.82, 2.24) is 9.88 Å². The van der Waals surface area contributed by atoms with Crippen molar-refractivity contribution in [2.24, 2.45) is 5.92 Å². The van der Waals surface area contributed by atoms with Gasteiger partial charge in [0.05, 0.1) is 11.7 Å². The van der Waals surface area contributed by atoms with Gasteiger partial charge in [0.25, 0.3) is 5.91 Å². The first-order valence-corrected chi connectivity index (χ1v) is 8.98. The molecule has 132 valence electrons. The molecule has 0 spiro atoms. The Morgan fingerprint density at radius 3 is 2.65 bits per heavy atom. The molecule has 0 radical (unpaired) electrons. The minimum atomic E-state index is 0.0117. The molecule has 3 aromatic rings. The molecule has 1 aliphatic rings. The van der Waals surface area contributed by atoms with Crippen molar-refractivity contribution in [3.05, 3.63) is 77.8 Å². The molecular weight excluding hydrogens is 324 g/mol. The van der Waals surface area contributed by atoms with Crippen LogP contribution in [0.4, 0.5) is 0 Å². The number of pyridine rings is 1. The van der Waals surface area contributed by atoms with Gasteiger partial charge < -0.3 is 9.32 Å². The summed E-state index contributed by atoms with van der Waals surface area (Å²) in [5.41, 5.74) is 2.54. The second kappa shape index (κ2) is 6.79. The van der Waals surface area contributed by atoms with Crippen molar-refractivity contribution in [2.45, 2.75) is 25.8 Å². The molecule has 0 aliphatic heterocycles. The van der Waals surface area contributed by atoms with Crippen LogP contribution in [0.2, 0.25) is 0 Å². The fourth-order valence-corrected chi connectivity index (χ4v) is 3.44. The molecule has 0 unspecified atom stereocenters. The Hall–Kier alpha value is -2.88. The SMILES string of the molecule is Cc1ccc(-c2cccc(C(=O)N(C)[C@H](c3ccccn3)C3CC3)c2)o1. The number of amides is 1. The van der Waals surface area contributed by atoms with E-state index >= 15 is 0 Å². The van der Waals surface area contributed by atoms with E-state index in [-0.39, 0.29) is 11.9 Å². The summed E-state index contributed by atoms with van der Waals surface area (Å²) in [4.78, 5) is 19.5. The lowest BCUT2D eigenvalue weighted by Gasteiger charge is -2.28. The Labute approximate surface area is 153 Å².